The molecule has 0 saturated heterocycles. The maximum absolute atomic E-state index is 12.7. The molecule has 0 radical (unpaired) electrons. The number of fused-ring (bicyclic) bond motifs is 2. The standard InChI is InChI=1S/C20H26N4O/c1-15-4-5-17(22-12-15)18(25)23-19-6-3-7-20(14-19,9-8-19)24-11-10-21-16(2)13-24/h4-5,10,12-13H,3,6-9,11,14H2,1-2H3,(H,23,25). The molecule has 0 spiro atoms. The molecular formula is C20H26N4O. The maximum atomic E-state index is 12.7. The lowest BCUT2D eigenvalue weighted by atomic mass is 9.77. The molecule has 0 aromatic carbocycles. The van der Waals surface area contributed by atoms with E-state index in [1.807, 2.05) is 25.3 Å². The molecule has 5 nitrogen and oxygen atoms in total. The third kappa shape index (κ3) is 2.96. The van der Waals surface area contributed by atoms with Crippen LogP contribution in [0.25, 0.3) is 0 Å². The lowest BCUT2D eigenvalue weighted by molar-refractivity contribution is 0.0793. The van der Waals surface area contributed by atoms with Gasteiger partial charge >= 0.3 is 0 Å². The molecule has 2 atom stereocenters. The molecule has 25 heavy (non-hydrogen) atoms. The molecular weight excluding hydrogens is 312 g/mol. The summed E-state index contributed by atoms with van der Waals surface area (Å²) in [6.07, 6.45) is 12.6. The molecule has 2 fully saturated rings. The molecule has 5 heteroatoms. The lowest BCUT2D eigenvalue weighted by Crippen LogP contribution is -2.54. The van der Waals surface area contributed by atoms with E-state index < -0.39 is 0 Å². The summed E-state index contributed by atoms with van der Waals surface area (Å²) in [5.41, 5.74) is 2.74. The summed E-state index contributed by atoms with van der Waals surface area (Å²) in [6.45, 7) is 4.91. The van der Waals surface area contributed by atoms with Gasteiger partial charge in [0.2, 0.25) is 0 Å². The second-order valence-electron chi connectivity index (χ2n) is 7.94. The molecule has 1 aromatic rings. The van der Waals surface area contributed by atoms with Crippen molar-refractivity contribution in [2.24, 2.45) is 4.99 Å². The largest absolute Gasteiger partial charge is 0.365 e. The number of aryl methyl sites for hydroxylation is 1. The Labute approximate surface area is 149 Å². The topological polar surface area (TPSA) is 57.6 Å². The number of amides is 1. The summed E-state index contributed by atoms with van der Waals surface area (Å²) < 4.78 is 0. The van der Waals surface area contributed by atoms with Crippen molar-refractivity contribution in [1.82, 2.24) is 15.2 Å². The Hall–Kier alpha value is -2.17. The van der Waals surface area contributed by atoms with Crippen molar-refractivity contribution < 1.29 is 4.79 Å². The van der Waals surface area contributed by atoms with Crippen LogP contribution >= 0.6 is 0 Å². The summed E-state index contributed by atoms with van der Waals surface area (Å²) in [7, 11) is 0. The van der Waals surface area contributed by atoms with E-state index in [-0.39, 0.29) is 17.0 Å². The number of carbonyl (C=O) groups excluding carboxylic acids is 1. The van der Waals surface area contributed by atoms with Crippen LogP contribution in [-0.2, 0) is 0 Å². The Morgan fingerprint density at radius 1 is 1.20 bits per heavy atom. The lowest BCUT2D eigenvalue weighted by Gasteiger charge is -2.46. The first kappa shape index (κ1) is 16.3. The van der Waals surface area contributed by atoms with Crippen molar-refractivity contribution in [1.29, 1.82) is 0 Å². The minimum atomic E-state index is -0.0851. The molecule has 2 heterocycles. The van der Waals surface area contributed by atoms with E-state index in [0.29, 0.717) is 5.69 Å². The quantitative estimate of drug-likeness (QED) is 0.921. The Kier molecular flexibility index (Phi) is 3.89. The van der Waals surface area contributed by atoms with Gasteiger partial charge in [0.15, 0.2) is 0 Å². The van der Waals surface area contributed by atoms with Crippen molar-refractivity contribution in [3.05, 3.63) is 41.5 Å². The molecule has 2 unspecified atom stereocenters. The third-order valence-electron chi connectivity index (χ3n) is 6.08. The van der Waals surface area contributed by atoms with Crippen molar-refractivity contribution in [3.8, 4) is 0 Å². The first-order chi connectivity index (χ1) is 12.0. The molecule has 4 rings (SSSR count). The zero-order chi connectivity index (χ0) is 17.5. The normalized spacial score (nSPS) is 31.0. The van der Waals surface area contributed by atoms with Gasteiger partial charge in [-0.1, -0.05) is 6.07 Å². The number of nitrogens with one attached hydrogen (secondary N) is 1. The molecule has 132 valence electrons. The summed E-state index contributed by atoms with van der Waals surface area (Å²) >= 11 is 0. The monoisotopic (exact) mass is 338 g/mol. The van der Waals surface area contributed by atoms with Crippen molar-refractivity contribution in [2.45, 2.75) is 63.5 Å². The average molecular weight is 338 g/mol. The van der Waals surface area contributed by atoms with E-state index in [1.54, 1.807) is 6.20 Å². The van der Waals surface area contributed by atoms with E-state index in [9.17, 15) is 4.79 Å². The van der Waals surface area contributed by atoms with Gasteiger partial charge in [-0.05, 0) is 64.0 Å². The van der Waals surface area contributed by atoms with Gasteiger partial charge in [0.1, 0.15) is 5.69 Å². The molecule has 1 aromatic heterocycles. The fraction of sp³-hybridized carbons (Fsp3) is 0.550. The van der Waals surface area contributed by atoms with Gasteiger partial charge in [-0.2, -0.15) is 0 Å². The van der Waals surface area contributed by atoms with Crippen LogP contribution in [0.4, 0.5) is 0 Å². The number of hydrogen-bond acceptors (Lipinski definition) is 4. The summed E-state index contributed by atoms with van der Waals surface area (Å²) in [5.74, 6) is -0.0374. The minimum Gasteiger partial charge on any atom is -0.365 e. The number of allylic oxidation sites excluding steroid dienone is 1. The summed E-state index contributed by atoms with van der Waals surface area (Å²) in [4.78, 5) is 23.9. The van der Waals surface area contributed by atoms with Gasteiger partial charge < -0.3 is 10.2 Å². The SMILES string of the molecule is CC1=CN(C23CCCC(NC(=O)c4ccc(C)cn4)(CC2)C3)CC=N1. The van der Waals surface area contributed by atoms with Gasteiger partial charge in [-0.15, -0.1) is 0 Å². The smallest absolute Gasteiger partial charge is 0.270 e. The van der Waals surface area contributed by atoms with Gasteiger partial charge in [0, 0.05) is 29.7 Å². The van der Waals surface area contributed by atoms with Gasteiger partial charge in [-0.25, -0.2) is 0 Å². The molecule has 1 N–H and O–H groups in total. The average Bonchev–Trinajstić information content (AvgIpc) is 2.87. The van der Waals surface area contributed by atoms with E-state index >= 15 is 0 Å². The van der Waals surface area contributed by atoms with Crippen LogP contribution in [0.3, 0.4) is 0 Å². The van der Waals surface area contributed by atoms with Crippen LogP contribution < -0.4 is 5.32 Å². The molecule has 1 amide bonds. The predicted octanol–water partition coefficient (Wildman–Crippen LogP) is 3.21. The molecule has 1 aliphatic heterocycles. The molecule has 2 aliphatic carbocycles. The molecule has 2 bridgehead atoms. The van der Waals surface area contributed by atoms with E-state index in [2.05, 4.69) is 33.3 Å². The second kappa shape index (κ2) is 5.97. The molecule has 2 saturated carbocycles. The third-order valence-corrected chi connectivity index (χ3v) is 6.08. The fourth-order valence-electron chi connectivity index (χ4n) is 4.84. The van der Waals surface area contributed by atoms with Crippen LogP contribution in [0.2, 0.25) is 0 Å². The number of nitrogens with zero attached hydrogens (tertiary/aromatic N) is 3. The van der Waals surface area contributed by atoms with Crippen molar-refractivity contribution in [3.63, 3.8) is 0 Å². The minimum absolute atomic E-state index is 0.0374. The first-order valence-corrected chi connectivity index (χ1v) is 9.23. The number of aliphatic imine (C=N–C) groups is 1. The Balaban J connectivity index is 1.52. The highest BCUT2D eigenvalue weighted by Gasteiger charge is 2.54. The van der Waals surface area contributed by atoms with E-state index in [0.717, 1.165) is 49.9 Å². The van der Waals surface area contributed by atoms with Crippen LogP contribution in [0.1, 0.15) is 61.5 Å². The van der Waals surface area contributed by atoms with E-state index in [1.165, 1.54) is 6.42 Å². The number of hydrogen-bond donors (Lipinski definition) is 1. The summed E-state index contributed by atoms with van der Waals surface area (Å²) in [5, 5.41) is 3.35. The highest BCUT2D eigenvalue weighted by molar-refractivity contribution is 5.92. The number of pyridine rings is 1. The maximum Gasteiger partial charge on any atom is 0.270 e. The van der Waals surface area contributed by atoms with Crippen molar-refractivity contribution >= 4 is 12.1 Å². The fourth-order valence-corrected chi connectivity index (χ4v) is 4.84. The van der Waals surface area contributed by atoms with Crippen LogP contribution in [0.5, 0.6) is 0 Å². The van der Waals surface area contributed by atoms with Crippen LogP contribution in [0.15, 0.2) is 35.2 Å². The van der Waals surface area contributed by atoms with Gasteiger partial charge in [0.05, 0.1) is 12.2 Å². The Morgan fingerprint density at radius 3 is 2.84 bits per heavy atom. The van der Waals surface area contributed by atoms with Gasteiger partial charge in [0.25, 0.3) is 5.91 Å². The second-order valence-corrected chi connectivity index (χ2v) is 7.94. The highest BCUT2D eigenvalue weighted by atomic mass is 16.2. The number of aromatic nitrogens is 1. The summed E-state index contributed by atoms with van der Waals surface area (Å²) in [6, 6.07) is 3.76. The Morgan fingerprint density at radius 2 is 2.08 bits per heavy atom. The zero-order valence-electron chi connectivity index (χ0n) is 15.1. The number of carbonyl (C=O) groups is 1. The van der Waals surface area contributed by atoms with Crippen LogP contribution in [0, 0.1) is 6.92 Å². The predicted molar refractivity (Wildman–Crippen MR) is 98.6 cm³/mol. The highest BCUT2D eigenvalue weighted by Crippen LogP contribution is 2.51. The zero-order valence-corrected chi connectivity index (χ0v) is 15.1. The van der Waals surface area contributed by atoms with Gasteiger partial charge in [-0.3, -0.25) is 14.8 Å². The molecule has 3 aliphatic rings. The number of rotatable bonds is 3. The van der Waals surface area contributed by atoms with E-state index in [4.69, 9.17) is 0 Å². The first-order valence-electron chi connectivity index (χ1n) is 9.23. The van der Waals surface area contributed by atoms with Crippen molar-refractivity contribution in [2.75, 3.05) is 6.54 Å². The Bertz CT molecular complexity index is 739. The van der Waals surface area contributed by atoms with Crippen LogP contribution in [-0.4, -0.2) is 39.6 Å².